The second-order valence-corrected chi connectivity index (χ2v) is 7.73. The normalized spacial score (nSPS) is 28.2. The molecule has 24 heavy (non-hydrogen) atoms. The molecule has 6 nitrogen and oxygen atoms in total. The van der Waals surface area contributed by atoms with Crippen molar-refractivity contribution < 1.29 is 9.58 Å². The van der Waals surface area contributed by atoms with E-state index < -0.39 is 0 Å². The van der Waals surface area contributed by atoms with Gasteiger partial charge in [0.15, 0.2) is 5.52 Å². The van der Waals surface area contributed by atoms with Gasteiger partial charge in [0.05, 0.1) is 6.04 Å². The minimum atomic E-state index is 0.158. The van der Waals surface area contributed by atoms with E-state index in [2.05, 4.69) is 10.4 Å². The number of nitrogens with one attached hydrogen (secondary N) is 1. The summed E-state index contributed by atoms with van der Waals surface area (Å²) in [5, 5.41) is 32.5. The van der Waals surface area contributed by atoms with E-state index in [9.17, 15) is 10.4 Å². The van der Waals surface area contributed by atoms with E-state index in [4.69, 9.17) is 0 Å². The summed E-state index contributed by atoms with van der Waals surface area (Å²) in [4.78, 5) is 0.619. The summed E-state index contributed by atoms with van der Waals surface area (Å²) < 4.78 is 0.824. The monoisotopic (exact) mass is 326 g/mol. The van der Waals surface area contributed by atoms with Crippen molar-refractivity contribution in [2.75, 3.05) is 5.32 Å². The predicted octanol–water partition coefficient (Wildman–Crippen LogP) is 1.98. The molecule has 0 spiro atoms. The Balaban J connectivity index is 1.56. The molecule has 2 saturated carbocycles. The van der Waals surface area contributed by atoms with Crippen molar-refractivity contribution in [2.24, 2.45) is 11.8 Å². The average molecular weight is 326 g/mol. The van der Waals surface area contributed by atoms with Gasteiger partial charge in [0.2, 0.25) is 5.10 Å². The Morgan fingerprint density at radius 3 is 2.42 bits per heavy atom. The van der Waals surface area contributed by atoms with Crippen LogP contribution in [0.5, 0.6) is 0 Å². The third-order valence-corrected chi connectivity index (χ3v) is 6.29. The quantitative estimate of drug-likeness (QED) is 0.676. The summed E-state index contributed by atoms with van der Waals surface area (Å²) >= 11 is 0. The third-order valence-electron chi connectivity index (χ3n) is 6.29. The molecular formula is C18H22N4O2. The van der Waals surface area contributed by atoms with Crippen molar-refractivity contribution in [3.8, 4) is 0 Å². The number of hydrogen-bond donors (Lipinski definition) is 1. The van der Waals surface area contributed by atoms with E-state index in [-0.39, 0.29) is 12.0 Å². The maximum Gasteiger partial charge on any atom is 0.461 e. The van der Waals surface area contributed by atoms with Crippen molar-refractivity contribution in [3.63, 3.8) is 0 Å². The van der Waals surface area contributed by atoms with Crippen molar-refractivity contribution in [3.05, 3.63) is 33.7 Å². The van der Waals surface area contributed by atoms with Crippen LogP contribution in [0.15, 0.2) is 12.1 Å². The fraction of sp³-hybridized carbons (Fsp3) is 0.611. The van der Waals surface area contributed by atoms with Gasteiger partial charge < -0.3 is 10.4 Å². The second kappa shape index (κ2) is 5.19. The van der Waals surface area contributed by atoms with Gasteiger partial charge >= 0.3 is 5.95 Å². The summed E-state index contributed by atoms with van der Waals surface area (Å²) in [6.45, 7) is 0. The van der Waals surface area contributed by atoms with Gasteiger partial charge in [-0.05, 0) is 80.4 Å². The first-order valence-corrected chi connectivity index (χ1v) is 9.14. The molecule has 1 aromatic carbocycles. The van der Waals surface area contributed by atoms with Gasteiger partial charge in [-0.25, -0.2) is 4.73 Å². The Morgan fingerprint density at radius 2 is 1.75 bits per heavy atom. The van der Waals surface area contributed by atoms with Gasteiger partial charge in [-0.15, -0.1) is 0 Å². The van der Waals surface area contributed by atoms with Gasteiger partial charge in [0.1, 0.15) is 0 Å². The molecule has 126 valence electrons. The van der Waals surface area contributed by atoms with Crippen LogP contribution in [0.4, 0.5) is 5.95 Å². The Kier molecular flexibility index (Phi) is 3.08. The molecule has 5 rings (SSSR count). The topological polar surface area (TPSA) is 78.8 Å². The molecule has 2 fully saturated rings. The molecule has 3 unspecified atom stereocenters. The maximum atomic E-state index is 12.8. The van der Waals surface area contributed by atoms with Crippen LogP contribution in [0.2, 0.25) is 0 Å². The fourth-order valence-electron chi connectivity index (χ4n) is 5.05. The Hall–Kier alpha value is -2.11. The second-order valence-electron chi connectivity index (χ2n) is 7.73. The first kappa shape index (κ1) is 14.3. The molecule has 1 heterocycles. The van der Waals surface area contributed by atoms with Crippen LogP contribution in [0.3, 0.4) is 0 Å². The molecule has 3 aliphatic rings. The number of rotatable bonds is 2. The number of fused-ring (bicyclic) bond motifs is 4. The SMILES string of the molecule is [O-][n+]1nc(NC2CC3CCC2C3)[n+]([O-])c2cc3c(cc21)CCCC3. The highest BCUT2D eigenvalue weighted by Gasteiger charge is 2.42. The molecular weight excluding hydrogens is 304 g/mol. The lowest BCUT2D eigenvalue weighted by Gasteiger charge is -2.21. The van der Waals surface area contributed by atoms with Crippen molar-refractivity contribution in [1.82, 2.24) is 5.10 Å². The molecule has 1 N–H and O–H groups in total. The van der Waals surface area contributed by atoms with Gasteiger partial charge in [0.25, 0.3) is 5.52 Å². The predicted molar refractivity (Wildman–Crippen MR) is 89.2 cm³/mol. The summed E-state index contributed by atoms with van der Waals surface area (Å²) in [6, 6.07) is 4.05. The summed E-state index contributed by atoms with van der Waals surface area (Å²) in [7, 11) is 0. The highest BCUT2D eigenvalue weighted by atomic mass is 16.5. The van der Waals surface area contributed by atoms with Gasteiger partial charge in [-0.1, -0.05) is 0 Å². The van der Waals surface area contributed by atoms with E-state index >= 15 is 0 Å². The number of aryl methyl sites for hydroxylation is 2. The molecule has 2 bridgehead atoms. The summed E-state index contributed by atoms with van der Waals surface area (Å²) in [5.41, 5.74) is 3.21. The molecule has 0 saturated heterocycles. The first-order valence-electron chi connectivity index (χ1n) is 9.14. The number of anilines is 1. The van der Waals surface area contributed by atoms with Crippen LogP contribution in [-0.4, -0.2) is 11.1 Å². The molecule has 3 aliphatic carbocycles. The van der Waals surface area contributed by atoms with Crippen molar-refractivity contribution in [2.45, 2.75) is 57.4 Å². The molecule has 0 aliphatic heterocycles. The highest BCUT2D eigenvalue weighted by Crippen LogP contribution is 2.45. The number of hydrogen-bond acceptors (Lipinski definition) is 4. The Bertz CT molecular complexity index is 823. The molecule has 6 heteroatoms. The van der Waals surface area contributed by atoms with Crippen LogP contribution >= 0.6 is 0 Å². The standard InChI is InChI=1S/C18H22N4O2/c23-21-16-9-12-3-1-2-4-13(12)10-17(16)22(24)20-18(21)19-15-8-11-5-6-14(15)7-11/h9-11,14-15H,1-8H2,(H,19,20). The zero-order chi connectivity index (χ0) is 16.3. The van der Waals surface area contributed by atoms with Crippen LogP contribution in [0.1, 0.15) is 49.7 Å². The van der Waals surface area contributed by atoms with Crippen molar-refractivity contribution in [1.29, 1.82) is 0 Å². The Morgan fingerprint density at radius 1 is 1.00 bits per heavy atom. The van der Waals surface area contributed by atoms with E-state index in [0.29, 0.717) is 21.8 Å². The number of nitrogens with zero attached hydrogens (tertiary/aromatic N) is 3. The largest absolute Gasteiger partial charge is 0.739 e. The van der Waals surface area contributed by atoms with Crippen LogP contribution < -0.4 is 14.9 Å². The smallest absolute Gasteiger partial charge is 0.461 e. The first-order chi connectivity index (χ1) is 11.7. The van der Waals surface area contributed by atoms with Crippen LogP contribution in [0.25, 0.3) is 11.0 Å². The van der Waals surface area contributed by atoms with Crippen LogP contribution in [0, 0.1) is 22.3 Å². The molecule has 0 amide bonds. The van der Waals surface area contributed by atoms with Gasteiger partial charge in [0, 0.05) is 10.9 Å². The maximum absolute atomic E-state index is 12.8. The molecule has 3 atom stereocenters. The van der Waals surface area contributed by atoms with E-state index in [1.807, 2.05) is 12.1 Å². The average Bonchev–Trinajstić information content (AvgIpc) is 3.21. The van der Waals surface area contributed by atoms with Gasteiger partial charge in [-0.2, -0.15) is 0 Å². The minimum absolute atomic E-state index is 0.158. The van der Waals surface area contributed by atoms with Crippen LogP contribution in [-0.2, 0) is 12.8 Å². The molecule has 0 radical (unpaired) electrons. The number of benzene rings is 1. The lowest BCUT2D eigenvalue weighted by atomic mass is 9.91. The Labute approximate surface area is 140 Å². The summed E-state index contributed by atoms with van der Waals surface area (Å²) in [5.74, 6) is 1.56. The highest BCUT2D eigenvalue weighted by molar-refractivity contribution is 5.71. The third kappa shape index (κ3) is 2.12. The lowest BCUT2D eigenvalue weighted by Crippen LogP contribution is -2.46. The van der Waals surface area contributed by atoms with E-state index in [1.165, 1.54) is 30.4 Å². The zero-order valence-electron chi connectivity index (χ0n) is 13.7. The minimum Gasteiger partial charge on any atom is -0.739 e. The van der Waals surface area contributed by atoms with Crippen molar-refractivity contribution >= 4 is 17.0 Å². The fourth-order valence-corrected chi connectivity index (χ4v) is 5.05. The van der Waals surface area contributed by atoms with Gasteiger partial charge in [-0.3, -0.25) is 5.32 Å². The van der Waals surface area contributed by atoms with E-state index in [0.717, 1.165) is 42.8 Å². The number of aromatic nitrogens is 3. The molecule has 1 aromatic heterocycles. The molecule has 2 aromatic rings. The van der Waals surface area contributed by atoms with E-state index in [1.54, 1.807) is 0 Å². The lowest BCUT2D eigenvalue weighted by molar-refractivity contribution is -0.672. The zero-order valence-corrected chi connectivity index (χ0v) is 13.7. The summed E-state index contributed by atoms with van der Waals surface area (Å²) in [6.07, 6.45) is 9.13.